The largest absolute Gasteiger partial charge is 0.493 e. The number of nitrogen functional groups attached to an aromatic ring is 1. The van der Waals surface area contributed by atoms with Crippen LogP contribution < -0.4 is 24.8 Å². The van der Waals surface area contributed by atoms with E-state index in [9.17, 15) is 0 Å². The van der Waals surface area contributed by atoms with Crippen molar-refractivity contribution in [2.45, 2.75) is 0 Å². The summed E-state index contributed by atoms with van der Waals surface area (Å²) in [5.41, 5.74) is 8.64. The molecule has 0 saturated heterocycles. The molecule has 0 amide bonds. The van der Waals surface area contributed by atoms with Gasteiger partial charge in [0.15, 0.2) is 11.5 Å². The van der Waals surface area contributed by atoms with Gasteiger partial charge in [-0.05, 0) is 24.3 Å². The van der Waals surface area contributed by atoms with Gasteiger partial charge in [-0.2, -0.15) is 4.98 Å². The van der Waals surface area contributed by atoms with Crippen LogP contribution >= 0.6 is 11.6 Å². The topological polar surface area (TPSA) is 109 Å². The molecule has 3 aromatic heterocycles. The van der Waals surface area contributed by atoms with E-state index in [4.69, 9.17) is 31.5 Å². The lowest BCUT2D eigenvalue weighted by atomic mass is 10.1. The average molecular weight is 449 g/mol. The van der Waals surface area contributed by atoms with Crippen LogP contribution in [0.4, 0.5) is 23.1 Å². The fraction of sp³-hybridized carbons (Fsp3) is 0.0909. The van der Waals surface area contributed by atoms with Crippen LogP contribution in [0.1, 0.15) is 0 Å². The third-order valence-electron chi connectivity index (χ3n) is 4.79. The minimum absolute atomic E-state index is 0.103. The first kappa shape index (κ1) is 19.8. The molecule has 0 fully saturated rings. The van der Waals surface area contributed by atoms with E-state index < -0.39 is 0 Å². The van der Waals surface area contributed by atoms with Crippen molar-refractivity contribution >= 4 is 34.7 Å². The van der Waals surface area contributed by atoms with E-state index in [2.05, 4.69) is 19.9 Å². The Labute approximate surface area is 188 Å². The standard InChI is InChI=1S/C22H17ClN6O3/c1-30-17-9-13(10-18-20(17)32-12-31-18)29(22-27-11-14(23)21(24)28-22)16-6-4-8-26-19(16)15-5-2-3-7-25-15/h2-11H,12H2,1H3,(H2,24,27,28). The number of methoxy groups -OCH3 is 1. The van der Waals surface area contributed by atoms with Crippen LogP contribution in [0, 0.1) is 0 Å². The summed E-state index contributed by atoms with van der Waals surface area (Å²) in [5, 5.41) is 0.258. The summed E-state index contributed by atoms with van der Waals surface area (Å²) in [6.07, 6.45) is 4.86. The normalized spacial score (nSPS) is 11.9. The number of hydrogen-bond acceptors (Lipinski definition) is 9. The van der Waals surface area contributed by atoms with Crippen LogP contribution in [0.2, 0.25) is 5.02 Å². The third-order valence-corrected chi connectivity index (χ3v) is 5.09. The highest BCUT2D eigenvalue weighted by Gasteiger charge is 2.26. The molecule has 10 heteroatoms. The zero-order valence-corrected chi connectivity index (χ0v) is 17.7. The highest BCUT2D eigenvalue weighted by molar-refractivity contribution is 6.32. The van der Waals surface area contributed by atoms with Gasteiger partial charge in [0.25, 0.3) is 0 Å². The SMILES string of the molecule is COc1cc(N(c2ncc(Cl)c(N)n2)c2cccnc2-c2ccccn2)cc2c1OCO2. The van der Waals surface area contributed by atoms with E-state index in [1.807, 2.05) is 36.4 Å². The molecule has 0 atom stereocenters. The molecule has 1 aliphatic rings. The van der Waals surface area contributed by atoms with Crippen molar-refractivity contribution in [1.82, 2.24) is 19.9 Å². The summed E-state index contributed by atoms with van der Waals surface area (Å²) in [4.78, 5) is 19.6. The Morgan fingerprint density at radius 3 is 2.72 bits per heavy atom. The summed E-state index contributed by atoms with van der Waals surface area (Å²) >= 11 is 6.08. The smallest absolute Gasteiger partial charge is 0.236 e. The predicted molar refractivity (Wildman–Crippen MR) is 120 cm³/mol. The number of nitrogens with two attached hydrogens (primary N) is 1. The number of pyridine rings is 2. The first-order valence-corrected chi connectivity index (χ1v) is 9.95. The zero-order valence-electron chi connectivity index (χ0n) is 16.9. The second kappa shape index (κ2) is 8.20. The Morgan fingerprint density at radius 1 is 1.06 bits per heavy atom. The highest BCUT2D eigenvalue weighted by atomic mass is 35.5. The van der Waals surface area contributed by atoms with Crippen LogP contribution in [0.5, 0.6) is 17.2 Å². The van der Waals surface area contributed by atoms with Gasteiger partial charge in [-0.25, -0.2) is 4.98 Å². The van der Waals surface area contributed by atoms with Crippen molar-refractivity contribution < 1.29 is 14.2 Å². The van der Waals surface area contributed by atoms with Gasteiger partial charge >= 0.3 is 0 Å². The monoisotopic (exact) mass is 448 g/mol. The molecule has 0 spiro atoms. The number of hydrogen-bond donors (Lipinski definition) is 1. The summed E-state index contributed by atoms with van der Waals surface area (Å²) in [6, 6.07) is 12.9. The van der Waals surface area contributed by atoms with Gasteiger partial charge in [0.2, 0.25) is 18.5 Å². The Balaban J connectivity index is 1.76. The van der Waals surface area contributed by atoms with Crippen LogP contribution in [-0.4, -0.2) is 33.8 Å². The second-order valence-electron chi connectivity index (χ2n) is 6.71. The molecule has 160 valence electrons. The fourth-order valence-electron chi connectivity index (χ4n) is 3.36. The number of fused-ring (bicyclic) bond motifs is 1. The molecule has 0 radical (unpaired) electrons. The van der Waals surface area contributed by atoms with Crippen LogP contribution in [0.15, 0.2) is 61.1 Å². The van der Waals surface area contributed by atoms with Crippen molar-refractivity contribution in [3.63, 3.8) is 0 Å². The van der Waals surface area contributed by atoms with E-state index >= 15 is 0 Å². The maximum absolute atomic E-state index is 6.08. The summed E-state index contributed by atoms with van der Waals surface area (Å²) in [7, 11) is 1.56. The van der Waals surface area contributed by atoms with Gasteiger partial charge in [-0.15, -0.1) is 0 Å². The lowest BCUT2D eigenvalue weighted by molar-refractivity contribution is 0.171. The number of nitrogens with zero attached hydrogens (tertiary/aromatic N) is 5. The van der Waals surface area contributed by atoms with E-state index in [0.717, 1.165) is 0 Å². The molecule has 0 unspecified atom stereocenters. The molecular weight excluding hydrogens is 432 g/mol. The van der Waals surface area contributed by atoms with E-state index in [1.54, 1.807) is 30.5 Å². The summed E-state index contributed by atoms with van der Waals surface area (Å²) in [5.74, 6) is 2.01. The minimum atomic E-state index is 0.103. The number of rotatable bonds is 5. The van der Waals surface area contributed by atoms with Gasteiger partial charge in [0, 0.05) is 24.5 Å². The number of anilines is 4. The Bertz CT molecular complexity index is 1290. The first-order valence-electron chi connectivity index (χ1n) is 9.58. The first-order chi connectivity index (χ1) is 15.7. The Morgan fingerprint density at radius 2 is 1.94 bits per heavy atom. The molecule has 2 N–H and O–H groups in total. The van der Waals surface area contributed by atoms with Crippen molar-refractivity contribution in [1.29, 1.82) is 0 Å². The maximum Gasteiger partial charge on any atom is 0.236 e. The molecule has 0 aliphatic carbocycles. The average Bonchev–Trinajstić information content (AvgIpc) is 3.31. The maximum atomic E-state index is 6.08. The number of benzene rings is 1. The molecule has 32 heavy (non-hydrogen) atoms. The molecule has 0 saturated carbocycles. The van der Waals surface area contributed by atoms with Crippen molar-refractivity contribution in [2.75, 3.05) is 24.5 Å². The van der Waals surface area contributed by atoms with E-state index in [0.29, 0.717) is 40.0 Å². The molecule has 9 nitrogen and oxygen atoms in total. The molecule has 4 heterocycles. The van der Waals surface area contributed by atoms with Gasteiger partial charge in [-0.1, -0.05) is 17.7 Å². The van der Waals surface area contributed by atoms with E-state index in [-0.39, 0.29) is 23.6 Å². The Kier molecular flexibility index (Phi) is 5.08. The van der Waals surface area contributed by atoms with Gasteiger partial charge in [0.05, 0.1) is 30.4 Å². The second-order valence-corrected chi connectivity index (χ2v) is 7.11. The number of halogens is 1. The van der Waals surface area contributed by atoms with Crippen LogP contribution in [-0.2, 0) is 0 Å². The van der Waals surface area contributed by atoms with Crippen molar-refractivity contribution in [3.8, 4) is 28.6 Å². The van der Waals surface area contributed by atoms with Crippen LogP contribution in [0.3, 0.4) is 0 Å². The van der Waals surface area contributed by atoms with Crippen molar-refractivity contribution in [3.05, 3.63) is 66.1 Å². The quantitative estimate of drug-likeness (QED) is 0.475. The summed E-state index contributed by atoms with van der Waals surface area (Å²) in [6.45, 7) is 0.103. The molecule has 1 aliphatic heterocycles. The molecule has 5 rings (SSSR count). The lowest BCUT2D eigenvalue weighted by Gasteiger charge is -2.25. The van der Waals surface area contributed by atoms with Gasteiger partial charge in [0.1, 0.15) is 16.5 Å². The third kappa shape index (κ3) is 3.48. The Hall–Kier alpha value is -4.11. The van der Waals surface area contributed by atoms with E-state index in [1.165, 1.54) is 6.20 Å². The predicted octanol–water partition coefficient (Wildman–Crippen LogP) is 4.38. The lowest BCUT2D eigenvalue weighted by Crippen LogP contribution is -2.16. The molecule has 1 aromatic carbocycles. The number of ether oxygens (including phenoxy) is 3. The highest BCUT2D eigenvalue weighted by Crippen LogP contribution is 2.47. The molecule has 0 bridgehead atoms. The van der Waals surface area contributed by atoms with Gasteiger partial charge in [-0.3, -0.25) is 14.9 Å². The minimum Gasteiger partial charge on any atom is -0.493 e. The van der Waals surface area contributed by atoms with Crippen molar-refractivity contribution in [2.24, 2.45) is 0 Å². The zero-order chi connectivity index (χ0) is 22.1. The molecule has 4 aromatic rings. The fourth-order valence-corrected chi connectivity index (χ4v) is 3.45. The van der Waals surface area contributed by atoms with Gasteiger partial charge < -0.3 is 19.9 Å². The number of aromatic nitrogens is 4. The van der Waals surface area contributed by atoms with Crippen LogP contribution in [0.25, 0.3) is 11.4 Å². The molecular formula is C22H17ClN6O3. The summed E-state index contributed by atoms with van der Waals surface area (Å²) < 4.78 is 16.7.